The molecule has 0 radical (unpaired) electrons. The molecule has 0 N–H and O–H groups in total. The largest absolute Gasteiger partial charge is 0.271 e. The third-order valence-electron chi connectivity index (χ3n) is 6.75. The lowest BCUT2D eigenvalue weighted by Crippen LogP contribution is -2.44. The quantitative estimate of drug-likeness (QED) is 0.463. The Morgan fingerprint density at radius 2 is 1.74 bits per heavy atom. The van der Waals surface area contributed by atoms with Gasteiger partial charge in [0.15, 0.2) is 12.1 Å². The molecule has 1 saturated heterocycles. The van der Waals surface area contributed by atoms with E-state index in [-0.39, 0.29) is 18.3 Å². The van der Waals surface area contributed by atoms with Crippen molar-refractivity contribution >= 4 is 40.7 Å². The first-order valence-electron chi connectivity index (χ1n) is 11.9. The second-order valence-electron chi connectivity index (χ2n) is 9.11. The molecule has 11 heteroatoms. The number of hydrogen-bond donors (Lipinski definition) is 0. The predicted molar refractivity (Wildman–Crippen MR) is 137 cm³/mol. The summed E-state index contributed by atoms with van der Waals surface area (Å²) in [5.74, 6) is -2.22. The highest BCUT2D eigenvalue weighted by atomic mass is 35.5. The Hall–Kier alpha value is -4.44. The van der Waals surface area contributed by atoms with Crippen molar-refractivity contribution < 1.29 is 18.8 Å². The molecular formula is C27H20ClFN6O3. The van der Waals surface area contributed by atoms with Crippen molar-refractivity contribution in [2.24, 2.45) is 15.4 Å². The van der Waals surface area contributed by atoms with Crippen LogP contribution in [0.25, 0.3) is 0 Å². The number of nitrogens with zero attached hydrogens (tertiary/aromatic N) is 6. The smallest absolute Gasteiger partial charge is 0.264 e. The van der Waals surface area contributed by atoms with Gasteiger partial charge in [0.2, 0.25) is 0 Å². The van der Waals surface area contributed by atoms with Crippen LogP contribution < -0.4 is 4.90 Å². The van der Waals surface area contributed by atoms with Gasteiger partial charge >= 0.3 is 0 Å². The van der Waals surface area contributed by atoms with E-state index in [1.165, 1.54) is 28.2 Å². The topological polar surface area (TPSA) is 98.0 Å². The minimum atomic E-state index is -1.10. The summed E-state index contributed by atoms with van der Waals surface area (Å²) in [6.45, 7) is -0.318. The van der Waals surface area contributed by atoms with Crippen molar-refractivity contribution in [3.63, 3.8) is 0 Å². The fourth-order valence-corrected chi connectivity index (χ4v) is 5.05. The van der Waals surface area contributed by atoms with Crippen molar-refractivity contribution in [1.82, 2.24) is 10.0 Å². The van der Waals surface area contributed by atoms with Gasteiger partial charge in [0.25, 0.3) is 17.7 Å². The number of carbonyl (C=O) groups excluding carboxylic acids is 3. The molecule has 0 aliphatic carbocycles. The lowest BCUT2D eigenvalue weighted by Gasteiger charge is -2.25. The molecule has 0 saturated carbocycles. The summed E-state index contributed by atoms with van der Waals surface area (Å²) in [5.41, 5.74) is 2.57. The molecule has 9 nitrogen and oxygen atoms in total. The second kappa shape index (κ2) is 9.46. The third-order valence-corrected chi connectivity index (χ3v) is 7.00. The van der Waals surface area contributed by atoms with E-state index in [2.05, 4.69) is 15.4 Å². The molecule has 3 heterocycles. The maximum absolute atomic E-state index is 13.8. The molecule has 3 aromatic rings. The Morgan fingerprint density at radius 3 is 2.47 bits per heavy atom. The van der Waals surface area contributed by atoms with Crippen LogP contribution in [0.1, 0.15) is 23.6 Å². The number of halogens is 2. The lowest BCUT2D eigenvalue weighted by molar-refractivity contribution is -0.135. The van der Waals surface area contributed by atoms with Crippen LogP contribution in [-0.2, 0) is 14.4 Å². The maximum atomic E-state index is 13.8. The Morgan fingerprint density at radius 1 is 0.974 bits per heavy atom. The van der Waals surface area contributed by atoms with Crippen molar-refractivity contribution in [1.29, 1.82) is 0 Å². The molecule has 0 spiro atoms. The van der Waals surface area contributed by atoms with Crippen LogP contribution in [0.15, 0.2) is 94.3 Å². The Kier molecular flexibility index (Phi) is 5.96. The van der Waals surface area contributed by atoms with Crippen molar-refractivity contribution in [3.8, 4) is 0 Å². The fourth-order valence-electron chi connectivity index (χ4n) is 4.93. The number of carbonyl (C=O) groups is 3. The van der Waals surface area contributed by atoms with Crippen LogP contribution in [0, 0.1) is 5.82 Å². The summed E-state index contributed by atoms with van der Waals surface area (Å²) in [6, 6.07) is 19.4. The van der Waals surface area contributed by atoms with E-state index in [1.54, 1.807) is 12.1 Å². The van der Waals surface area contributed by atoms with Gasteiger partial charge in [-0.3, -0.25) is 19.4 Å². The molecule has 6 rings (SSSR count). The summed E-state index contributed by atoms with van der Waals surface area (Å²) in [6.07, 6.45) is 0.482. The van der Waals surface area contributed by atoms with Gasteiger partial charge in [-0.2, -0.15) is 10.2 Å². The standard InChI is InChI=1S/C27H20ClFN6O3/c28-18-11-9-16(10-12-18)21-14-22(17-5-2-1-3-6-17)35(31-21)23(36)15-33-25-24(30-32-33)26(37)34(27(25)38)20-8-4-7-19(29)13-20/h1-13,22,24-25H,14-15H2/t22-,24+,25+/m1/s1. The molecule has 3 amide bonds. The SMILES string of the molecule is O=C1[C@H]2N=NN(CC(=O)N3N=C(c4ccc(Cl)cc4)C[C@@H]3c3ccccc3)[C@@H]2C(=O)N1c1cccc(F)c1. The molecule has 3 aliphatic rings. The van der Waals surface area contributed by atoms with Gasteiger partial charge in [-0.1, -0.05) is 65.4 Å². The van der Waals surface area contributed by atoms with E-state index in [0.717, 1.165) is 22.1 Å². The number of fused-ring (bicyclic) bond motifs is 1. The number of rotatable bonds is 5. The van der Waals surface area contributed by atoms with Gasteiger partial charge < -0.3 is 0 Å². The maximum Gasteiger partial charge on any atom is 0.264 e. The van der Waals surface area contributed by atoms with Crippen LogP contribution in [0.3, 0.4) is 0 Å². The van der Waals surface area contributed by atoms with E-state index in [1.807, 2.05) is 42.5 Å². The summed E-state index contributed by atoms with van der Waals surface area (Å²) < 4.78 is 13.8. The number of hydrazone groups is 1. The van der Waals surface area contributed by atoms with E-state index in [9.17, 15) is 18.8 Å². The number of amides is 3. The van der Waals surface area contributed by atoms with Crippen molar-refractivity contribution in [3.05, 3.63) is 101 Å². The highest BCUT2D eigenvalue weighted by molar-refractivity contribution is 6.30. The molecule has 190 valence electrons. The van der Waals surface area contributed by atoms with Gasteiger partial charge in [-0.25, -0.2) is 14.3 Å². The number of anilines is 1. The lowest BCUT2D eigenvalue weighted by atomic mass is 9.98. The minimum absolute atomic E-state index is 0.108. The van der Waals surface area contributed by atoms with Gasteiger partial charge in [-0.05, 0) is 41.5 Å². The molecule has 1 fully saturated rings. The summed E-state index contributed by atoms with van der Waals surface area (Å²) in [5, 5.41) is 15.8. The first kappa shape index (κ1) is 23.9. The Bertz CT molecular complexity index is 1500. The number of benzene rings is 3. The van der Waals surface area contributed by atoms with E-state index < -0.39 is 35.6 Å². The molecule has 38 heavy (non-hydrogen) atoms. The van der Waals surface area contributed by atoms with Crippen LogP contribution in [-0.4, -0.2) is 52.1 Å². The second-order valence-corrected chi connectivity index (χ2v) is 9.54. The van der Waals surface area contributed by atoms with Gasteiger partial charge in [-0.15, -0.1) is 0 Å². The molecule has 3 atom stereocenters. The number of hydrogen-bond acceptors (Lipinski definition) is 7. The first-order valence-corrected chi connectivity index (χ1v) is 12.3. The molecule has 3 aliphatic heterocycles. The highest BCUT2D eigenvalue weighted by Crippen LogP contribution is 2.35. The van der Waals surface area contributed by atoms with Crippen molar-refractivity contribution in [2.45, 2.75) is 24.5 Å². The minimum Gasteiger partial charge on any atom is -0.271 e. The normalized spacial score (nSPS) is 22.3. The average molecular weight is 531 g/mol. The number of imide groups is 1. The summed E-state index contributed by atoms with van der Waals surface area (Å²) >= 11 is 6.04. The highest BCUT2D eigenvalue weighted by Gasteiger charge is 2.55. The molecule has 0 bridgehead atoms. The van der Waals surface area contributed by atoms with Gasteiger partial charge in [0, 0.05) is 11.4 Å². The zero-order chi connectivity index (χ0) is 26.4. The molecular weight excluding hydrogens is 511 g/mol. The zero-order valence-corrected chi connectivity index (χ0v) is 20.6. The van der Waals surface area contributed by atoms with Crippen LogP contribution in [0.2, 0.25) is 5.02 Å². The van der Waals surface area contributed by atoms with E-state index >= 15 is 0 Å². The molecule has 0 aromatic heterocycles. The van der Waals surface area contributed by atoms with Gasteiger partial charge in [0.05, 0.1) is 17.4 Å². The Balaban J connectivity index is 1.26. The monoisotopic (exact) mass is 530 g/mol. The van der Waals surface area contributed by atoms with Crippen LogP contribution in [0.5, 0.6) is 0 Å². The van der Waals surface area contributed by atoms with E-state index in [4.69, 9.17) is 11.6 Å². The molecule has 0 unspecified atom stereocenters. The first-order chi connectivity index (χ1) is 18.4. The van der Waals surface area contributed by atoms with Gasteiger partial charge in [0.1, 0.15) is 12.4 Å². The van der Waals surface area contributed by atoms with Crippen LogP contribution >= 0.6 is 11.6 Å². The predicted octanol–water partition coefficient (Wildman–Crippen LogP) is 4.15. The van der Waals surface area contributed by atoms with Crippen molar-refractivity contribution in [2.75, 3.05) is 11.4 Å². The van der Waals surface area contributed by atoms with Crippen LogP contribution in [0.4, 0.5) is 10.1 Å². The Labute approximate surface area is 221 Å². The summed E-state index contributed by atoms with van der Waals surface area (Å²) in [7, 11) is 0. The van der Waals surface area contributed by atoms with E-state index in [0.29, 0.717) is 17.2 Å². The zero-order valence-electron chi connectivity index (χ0n) is 19.8. The third kappa shape index (κ3) is 4.12. The average Bonchev–Trinajstić information content (AvgIpc) is 3.60. The summed E-state index contributed by atoms with van der Waals surface area (Å²) in [4.78, 5) is 40.6. The fraction of sp³-hybridized carbons (Fsp3) is 0.185. The molecule has 3 aromatic carbocycles.